The number of hydrogen-bond donors (Lipinski definition) is 3. The van der Waals surface area contributed by atoms with Gasteiger partial charge in [-0.3, -0.25) is 4.79 Å². The molecule has 0 spiro atoms. The van der Waals surface area contributed by atoms with Crippen LogP contribution in [0, 0.1) is 12.7 Å². The van der Waals surface area contributed by atoms with Crippen molar-refractivity contribution in [1.82, 2.24) is 0 Å². The van der Waals surface area contributed by atoms with Gasteiger partial charge < -0.3 is 16.2 Å². The molecule has 0 aliphatic heterocycles. The third-order valence-corrected chi connectivity index (χ3v) is 2.39. The van der Waals surface area contributed by atoms with Crippen LogP contribution in [-0.4, -0.2) is 23.7 Å². The highest BCUT2D eigenvalue weighted by atomic mass is 35.5. The molecule has 1 unspecified atom stereocenters. The van der Waals surface area contributed by atoms with Crippen molar-refractivity contribution in [3.8, 4) is 0 Å². The molecule has 0 aromatic heterocycles. The van der Waals surface area contributed by atoms with Crippen molar-refractivity contribution in [2.45, 2.75) is 13.0 Å². The summed E-state index contributed by atoms with van der Waals surface area (Å²) in [6.07, 6.45) is 0. The maximum atomic E-state index is 13.2. The lowest BCUT2D eigenvalue weighted by Gasteiger charge is -2.12. The first-order valence-corrected chi connectivity index (χ1v) is 4.97. The molecule has 16 heavy (non-hydrogen) atoms. The second kappa shape index (κ2) is 5.14. The van der Waals surface area contributed by atoms with Crippen molar-refractivity contribution in [3.63, 3.8) is 0 Å². The molecule has 0 fully saturated rings. The first kappa shape index (κ1) is 12.7. The van der Waals surface area contributed by atoms with Gasteiger partial charge in [0.2, 0.25) is 0 Å². The number of carboxylic acids is 1. The van der Waals surface area contributed by atoms with Crippen LogP contribution in [-0.2, 0) is 4.79 Å². The van der Waals surface area contributed by atoms with Gasteiger partial charge in [-0.1, -0.05) is 11.6 Å². The number of halogens is 2. The molecule has 0 amide bonds. The van der Waals surface area contributed by atoms with E-state index in [2.05, 4.69) is 5.32 Å². The molecule has 1 aromatic carbocycles. The van der Waals surface area contributed by atoms with E-state index in [4.69, 9.17) is 22.4 Å². The fraction of sp³-hybridized carbons (Fsp3) is 0.300. The quantitative estimate of drug-likeness (QED) is 0.755. The van der Waals surface area contributed by atoms with E-state index in [-0.39, 0.29) is 6.54 Å². The summed E-state index contributed by atoms with van der Waals surface area (Å²) in [6.45, 7) is 1.57. The zero-order valence-corrected chi connectivity index (χ0v) is 9.38. The minimum Gasteiger partial charge on any atom is -0.480 e. The number of hydrogen-bond acceptors (Lipinski definition) is 3. The highest BCUT2D eigenvalue weighted by Crippen LogP contribution is 2.24. The van der Waals surface area contributed by atoms with E-state index in [1.807, 2.05) is 0 Å². The monoisotopic (exact) mass is 246 g/mol. The number of benzene rings is 1. The predicted molar refractivity (Wildman–Crippen MR) is 60.2 cm³/mol. The molecule has 0 heterocycles. The van der Waals surface area contributed by atoms with Gasteiger partial charge in [0, 0.05) is 6.54 Å². The summed E-state index contributed by atoms with van der Waals surface area (Å²) in [7, 11) is 0. The van der Waals surface area contributed by atoms with Crippen LogP contribution >= 0.6 is 11.6 Å². The number of carboxylic acid groups (broad SMARTS) is 1. The van der Waals surface area contributed by atoms with Gasteiger partial charge in [-0.25, -0.2) is 4.39 Å². The van der Waals surface area contributed by atoms with Gasteiger partial charge in [0.15, 0.2) is 0 Å². The number of aliphatic carboxylic acids is 1. The van der Waals surface area contributed by atoms with Crippen LogP contribution in [0.25, 0.3) is 0 Å². The fourth-order valence-electron chi connectivity index (χ4n) is 1.09. The second-order valence-electron chi connectivity index (χ2n) is 3.41. The molecule has 0 saturated heterocycles. The van der Waals surface area contributed by atoms with Gasteiger partial charge in [0.05, 0.1) is 10.7 Å². The van der Waals surface area contributed by atoms with E-state index in [9.17, 15) is 9.18 Å². The maximum absolute atomic E-state index is 13.2. The van der Waals surface area contributed by atoms with E-state index in [0.717, 1.165) is 0 Å². The van der Waals surface area contributed by atoms with Gasteiger partial charge in [0.1, 0.15) is 11.9 Å². The lowest BCUT2D eigenvalue weighted by atomic mass is 10.2. The molecule has 1 rings (SSSR count). The Morgan fingerprint density at radius 2 is 2.31 bits per heavy atom. The Hall–Kier alpha value is -1.33. The van der Waals surface area contributed by atoms with Gasteiger partial charge >= 0.3 is 5.97 Å². The van der Waals surface area contributed by atoms with Gasteiger partial charge in [-0.05, 0) is 24.6 Å². The van der Waals surface area contributed by atoms with Crippen molar-refractivity contribution in [2.75, 3.05) is 11.9 Å². The van der Waals surface area contributed by atoms with E-state index in [1.54, 1.807) is 6.92 Å². The standard InChI is InChI=1S/C10H12ClFN2O2/c1-5-2-6(11)9(3-7(5)12)14-4-8(13)10(15)16/h2-3,8,14H,4,13H2,1H3,(H,15,16). The van der Waals surface area contributed by atoms with Crippen molar-refractivity contribution >= 4 is 23.3 Å². The normalized spacial score (nSPS) is 12.2. The van der Waals surface area contributed by atoms with Crippen LogP contribution in [0.2, 0.25) is 5.02 Å². The molecule has 1 aromatic rings. The van der Waals surface area contributed by atoms with Gasteiger partial charge in [-0.2, -0.15) is 0 Å². The summed E-state index contributed by atoms with van der Waals surface area (Å²) in [5.41, 5.74) is 6.05. The molecule has 88 valence electrons. The largest absolute Gasteiger partial charge is 0.480 e. The SMILES string of the molecule is Cc1cc(Cl)c(NCC(N)C(=O)O)cc1F. The Labute approximate surface area is 97.2 Å². The van der Waals surface area contributed by atoms with Crippen molar-refractivity contribution in [3.05, 3.63) is 28.5 Å². The van der Waals surface area contributed by atoms with Crippen LogP contribution in [0.5, 0.6) is 0 Å². The first-order chi connectivity index (χ1) is 7.41. The van der Waals surface area contributed by atoms with E-state index in [1.165, 1.54) is 12.1 Å². The summed E-state index contributed by atoms with van der Waals surface area (Å²) in [5.74, 6) is -1.54. The Bertz CT molecular complexity index is 412. The Kier molecular flexibility index (Phi) is 4.09. The molecule has 0 aliphatic rings. The Morgan fingerprint density at radius 1 is 1.69 bits per heavy atom. The number of nitrogens with two attached hydrogens (primary N) is 1. The van der Waals surface area contributed by atoms with Gasteiger partial charge in [-0.15, -0.1) is 0 Å². The smallest absolute Gasteiger partial charge is 0.322 e. The minimum absolute atomic E-state index is 0.0163. The first-order valence-electron chi connectivity index (χ1n) is 4.59. The molecule has 4 N–H and O–H groups in total. The van der Waals surface area contributed by atoms with E-state index < -0.39 is 17.8 Å². The third kappa shape index (κ3) is 3.08. The lowest BCUT2D eigenvalue weighted by molar-refractivity contribution is -0.138. The van der Waals surface area contributed by atoms with Crippen LogP contribution in [0.3, 0.4) is 0 Å². The molecule has 0 radical (unpaired) electrons. The molecule has 1 atom stereocenters. The van der Waals surface area contributed by atoms with Crippen molar-refractivity contribution in [1.29, 1.82) is 0 Å². The number of anilines is 1. The summed E-state index contributed by atoms with van der Waals surface area (Å²) in [4.78, 5) is 10.5. The van der Waals surface area contributed by atoms with Crippen molar-refractivity contribution < 1.29 is 14.3 Å². The number of nitrogens with one attached hydrogen (secondary N) is 1. The summed E-state index contributed by atoms with van der Waals surface area (Å²) < 4.78 is 13.2. The van der Waals surface area contributed by atoms with Crippen LogP contribution in [0.4, 0.5) is 10.1 Å². The zero-order valence-electron chi connectivity index (χ0n) is 8.63. The predicted octanol–water partition coefficient (Wildman–Crippen LogP) is 1.61. The van der Waals surface area contributed by atoms with Gasteiger partial charge in [0.25, 0.3) is 0 Å². The molecular weight excluding hydrogens is 235 g/mol. The van der Waals surface area contributed by atoms with Crippen LogP contribution in [0.15, 0.2) is 12.1 Å². The number of rotatable bonds is 4. The number of carbonyl (C=O) groups is 1. The Morgan fingerprint density at radius 3 is 2.88 bits per heavy atom. The highest BCUT2D eigenvalue weighted by molar-refractivity contribution is 6.33. The van der Waals surface area contributed by atoms with Crippen LogP contribution in [0.1, 0.15) is 5.56 Å². The highest BCUT2D eigenvalue weighted by Gasteiger charge is 2.12. The second-order valence-corrected chi connectivity index (χ2v) is 3.81. The summed E-state index contributed by atoms with van der Waals surface area (Å²) in [6, 6.07) is 1.62. The van der Waals surface area contributed by atoms with Crippen molar-refractivity contribution in [2.24, 2.45) is 5.73 Å². The zero-order chi connectivity index (χ0) is 12.3. The number of aryl methyl sites for hydroxylation is 1. The summed E-state index contributed by atoms with van der Waals surface area (Å²) in [5, 5.41) is 11.6. The molecule has 4 nitrogen and oxygen atoms in total. The molecule has 0 bridgehead atoms. The molecule has 0 saturated carbocycles. The Balaban J connectivity index is 2.74. The minimum atomic E-state index is -1.13. The molecule has 0 aliphatic carbocycles. The average Bonchev–Trinajstić information content (AvgIpc) is 2.20. The topological polar surface area (TPSA) is 75.3 Å². The molecule has 6 heteroatoms. The third-order valence-electron chi connectivity index (χ3n) is 2.08. The molecular formula is C10H12ClFN2O2. The average molecular weight is 247 g/mol. The van der Waals surface area contributed by atoms with Crippen LogP contribution < -0.4 is 11.1 Å². The maximum Gasteiger partial charge on any atom is 0.322 e. The van der Waals surface area contributed by atoms with E-state index >= 15 is 0 Å². The summed E-state index contributed by atoms with van der Waals surface area (Å²) >= 11 is 5.85. The van der Waals surface area contributed by atoms with E-state index in [0.29, 0.717) is 16.3 Å². The fourth-order valence-corrected chi connectivity index (χ4v) is 1.37. The lowest BCUT2D eigenvalue weighted by Crippen LogP contribution is -2.37.